The number of oxazole rings is 2. The van der Waals surface area contributed by atoms with Crippen molar-refractivity contribution in [3.8, 4) is 0 Å². The van der Waals surface area contributed by atoms with Crippen molar-refractivity contribution >= 4 is 34.2 Å². The zero-order valence-electron chi connectivity index (χ0n) is 68.2. The Hall–Kier alpha value is -9.61. The SMILES string of the molecule is CC.CC.CC.CC.CC.CC.CC.CC.Cc1ccccn1.Cc1cccnc1.Cc1ccncc1.Cc1cn[nH]n1.Cc1cn[nH]n1.Cc1cn[nH]n1.Cc1ncoc1C.Cc1ncoc1C.Cc1ncsc1C.Cc1ncsc1C.Cc1nsc(C)n1.Cn1ccnn1.Cn1nccn1. The summed E-state index contributed by atoms with van der Waals surface area (Å²) in [5, 5.41) is 44.7. The smallest absolute Gasteiger partial charge is 0.181 e. The number of hydrogen-bond donors (Lipinski definition) is 3. The van der Waals surface area contributed by atoms with E-state index >= 15 is 0 Å². The zero-order chi connectivity index (χ0) is 79.7. The molecule has 0 atom stereocenters. The number of nitrogens with one attached hydrogen (secondary N) is 3. The first kappa shape index (κ1) is 108. The maximum Gasteiger partial charge on any atom is 0.181 e. The van der Waals surface area contributed by atoms with Gasteiger partial charge in [0.2, 0.25) is 0 Å². The van der Waals surface area contributed by atoms with Crippen LogP contribution in [0, 0.1) is 111 Å². The number of hydrogen-bond acceptors (Lipinski definition) is 24. The fourth-order valence-corrected chi connectivity index (χ4v) is 6.15. The fraction of sp³-hybridized carbons (Fsp3) is 0.466. The molecule has 0 bridgehead atoms. The lowest BCUT2D eigenvalue weighted by Crippen LogP contribution is -1.89. The van der Waals surface area contributed by atoms with E-state index in [0.29, 0.717) is 0 Å². The summed E-state index contributed by atoms with van der Waals surface area (Å²) in [5.41, 5.74) is 14.3. The van der Waals surface area contributed by atoms with E-state index in [4.69, 9.17) is 8.83 Å². The minimum Gasteiger partial charge on any atom is -0.449 e. The molecule has 0 fully saturated rings. The van der Waals surface area contributed by atoms with Crippen molar-refractivity contribution in [2.75, 3.05) is 0 Å². The number of pyridine rings is 3. The Kier molecular flexibility index (Phi) is 89.0. The predicted molar refractivity (Wildman–Crippen MR) is 428 cm³/mol. The molecule has 13 heterocycles. The number of H-pyrrole nitrogens is 3. The second-order valence-corrected chi connectivity index (χ2v) is 20.4. The van der Waals surface area contributed by atoms with Crippen LogP contribution in [0.4, 0.5) is 0 Å². The third-order valence-electron chi connectivity index (χ3n) is 9.72. The second kappa shape index (κ2) is 83.8. The first-order valence-corrected chi connectivity index (χ1v) is 36.6. The summed E-state index contributed by atoms with van der Waals surface area (Å²) < 4.78 is 15.3. The van der Waals surface area contributed by atoms with Gasteiger partial charge in [-0.2, -0.15) is 65.6 Å². The Balaban J connectivity index is -0.000000154. The summed E-state index contributed by atoms with van der Waals surface area (Å²) in [4.78, 5) is 35.6. The molecule has 570 valence electrons. The molecule has 0 unspecified atom stereocenters. The molecule has 26 nitrogen and oxygen atoms in total. The highest BCUT2D eigenvalue weighted by Crippen LogP contribution is 2.09. The van der Waals surface area contributed by atoms with Crippen LogP contribution in [0.3, 0.4) is 0 Å². The van der Waals surface area contributed by atoms with Gasteiger partial charge in [-0.1, -0.05) is 128 Å². The van der Waals surface area contributed by atoms with Gasteiger partial charge in [0.25, 0.3) is 0 Å². The van der Waals surface area contributed by atoms with Gasteiger partial charge in [0.15, 0.2) is 12.8 Å². The molecule has 0 amide bonds. The average molecular weight is 1470 g/mol. The molecule has 13 aromatic rings. The molecular formula is C73H128N24O2S3. The number of rotatable bonds is 0. The van der Waals surface area contributed by atoms with Gasteiger partial charge in [0.1, 0.15) is 22.4 Å². The van der Waals surface area contributed by atoms with Gasteiger partial charge >= 0.3 is 0 Å². The van der Waals surface area contributed by atoms with E-state index in [2.05, 4.69) is 125 Å². The van der Waals surface area contributed by atoms with Crippen molar-refractivity contribution in [2.45, 2.75) is 222 Å². The number of aryl methyl sites for hydroxylation is 18. The molecule has 3 N–H and O–H groups in total. The number of aromatic amines is 3. The molecule has 0 radical (unpaired) electrons. The van der Waals surface area contributed by atoms with Crippen LogP contribution in [0.25, 0.3) is 0 Å². The molecule has 0 saturated heterocycles. The molecule has 0 aliphatic heterocycles. The van der Waals surface area contributed by atoms with E-state index in [1.807, 2.05) is 274 Å². The average Bonchev–Trinajstić information content (AvgIpc) is 1.94. The highest BCUT2D eigenvalue weighted by atomic mass is 32.1. The van der Waals surface area contributed by atoms with Crippen molar-refractivity contribution in [1.29, 1.82) is 0 Å². The Morgan fingerprint density at radius 3 is 0.941 bits per heavy atom. The normalized spacial score (nSPS) is 8.10. The monoisotopic (exact) mass is 1470 g/mol. The molecule has 13 rings (SSSR count). The first-order chi connectivity index (χ1) is 49.2. The predicted octanol–water partition coefficient (Wildman–Crippen LogP) is 19.6. The third-order valence-corrected chi connectivity index (χ3v) is 12.2. The maximum atomic E-state index is 4.85. The molecule has 29 heteroatoms. The topological polar surface area (TPSA) is 328 Å². The van der Waals surface area contributed by atoms with Crippen LogP contribution in [-0.4, -0.2) is 120 Å². The van der Waals surface area contributed by atoms with E-state index < -0.39 is 0 Å². The highest BCUT2D eigenvalue weighted by molar-refractivity contribution is 7.09. The number of aromatic nitrogens is 24. The van der Waals surface area contributed by atoms with E-state index in [1.54, 1.807) is 103 Å². The van der Waals surface area contributed by atoms with Crippen LogP contribution >= 0.6 is 34.2 Å². The summed E-state index contributed by atoms with van der Waals surface area (Å²) >= 11 is 4.83. The van der Waals surface area contributed by atoms with Gasteiger partial charge < -0.3 is 8.83 Å². The van der Waals surface area contributed by atoms with Crippen LogP contribution in [0.1, 0.15) is 200 Å². The van der Waals surface area contributed by atoms with Crippen LogP contribution in [-0.2, 0) is 14.1 Å². The van der Waals surface area contributed by atoms with E-state index in [0.717, 1.165) is 67.9 Å². The van der Waals surface area contributed by atoms with E-state index in [9.17, 15) is 0 Å². The molecule has 0 aliphatic carbocycles. The largest absolute Gasteiger partial charge is 0.449 e. The van der Waals surface area contributed by atoms with Crippen molar-refractivity contribution in [3.63, 3.8) is 0 Å². The Bertz CT molecular complexity index is 2970. The number of thiazole rings is 2. The minimum absolute atomic E-state index is 0.877. The van der Waals surface area contributed by atoms with E-state index in [1.165, 1.54) is 50.0 Å². The first-order valence-electron chi connectivity index (χ1n) is 34.1. The van der Waals surface area contributed by atoms with Gasteiger partial charge in [-0.25, -0.2) is 24.9 Å². The second-order valence-electron chi connectivity index (χ2n) is 17.3. The quantitative estimate of drug-likeness (QED) is 0.127. The Morgan fingerprint density at radius 2 is 0.824 bits per heavy atom. The Morgan fingerprint density at radius 1 is 0.392 bits per heavy atom. The van der Waals surface area contributed by atoms with Crippen molar-refractivity contribution in [2.24, 2.45) is 14.1 Å². The van der Waals surface area contributed by atoms with Crippen molar-refractivity contribution < 1.29 is 8.83 Å². The van der Waals surface area contributed by atoms with Crippen LogP contribution in [0.15, 0.2) is 149 Å². The van der Waals surface area contributed by atoms with Crippen molar-refractivity contribution in [1.82, 2.24) is 120 Å². The van der Waals surface area contributed by atoms with Crippen LogP contribution in [0.5, 0.6) is 0 Å². The molecule has 0 saturated carbocycles. The van der Waals surface area contributed by atoms with Crippen LogP contribution in [0.2, 0.25) is 0 Å². The molecular weight excluding hydrogens is 1340 g/mol. The summed E-state index contributed by atoms with van der Waals surface area (Å²) in [6, 6.07) is 13.7. The summed E-state index contributed by atoms with van der Waals surface area (Å²) in [6.07, 6.45) is 23.6. The number of nitrogens with zero attached hydrogens (tertiary/aromatic N) is 21. The lowest BCUT2D eigenvalue weighted by Gasteiger charge is -1.82. The van der Waals surface area contributed by atoms with E-state index in [-0.39, 0.29) is 0 Å². The molecule has 0 spiro atoms. The molecule has 13 aromatic heterocycles. The lowest BCUT2D eigenvalue weighted by molar-refractivity contribution is 0.525. The van der Waals surface area contributed by atoms with Gasteiger partial charge in [-0.3, -0.25) is 19.6 Å². The molecule has 0 aromatic carbocycles. The van der Waals surface area contributed by atoms with Gasteiger partial charge in [-0.15, -0.1) is 27.8 Å². The van der Waals surface area contributed by atoms with Gasteiger partial charge in [-0.05, 0) is 164 Å². The summed E-state index contributed by atoms with van der Waals surface area (Å²) in [7, 11) is 3.60. The highest BCUT2D eigenvalue weighted by Gasteiger charge is 1.93. The minimum atomic E-state index is 0.877. The summed E-state index contributed by atoms with van der Waals surface area (Å²) in [5.74, 6) is 2.68. The maximum absolute atomic E-state index is 4.85. The Labute approximate surface area is 625 Å². The fourth-order valence-electron chi connectivity index (χ4n) is 4.49. The van der Waals surface area contributed by atoms with Gasteiger partial charge in [0.05, 0.1) is 88.1 Å². The summed E-state index contributed by atoms with van der Waals surface area (Å²) in [6.45, 7) is 63.3. The van der Waals surface area contributed by atoms with Crippen molar-refractivity contribution in [3.05, 3.63) is 229 Å². The van der Waals surface area contributed by atoms with Gasteiger partial charge in [0, 0.05) is 66.7 Å². The molecule has 102 heavy (non-hydrogen) atoms. The third kappa shape index (κ3) is 74.6. The zero-order valence-corrected chi connectivity index (χ0v) is 70.7. The standard InChI is InChI=1S/3C6H7N.2C5H7NO.2C5H7NS.C4H6N2S.5C3H5N3.8C2H6/c1-6-2-4-7-5-3-6;1-6-3-2-4-7-5-6;1-6-4-2-3-5-7-6;4*1-4-5(2)7-3-6-4;1-3-5-4(2)7-6-3;1-6-3-2-4-5-6;1-6-4-2-3-5-6;3*1-3-2-4-6-5-3;8*1-2/h3*2-5H,1H3;4*3H,1-2H3;1-2H3;2*2-3H,1H3;3*2H,1H3,(H,4,5,6);8*1-2H3. The van der Waals surface area contributed by atoms with Crippen LogP contribution < -0.4 is 0 Å². The molecule has 0 aliphatic rings. The lowest BCUT2D eigenvalue weighted by atomic mass is 10.3.